The van der Waals surface area contributed by atoms with E-state index in [0.29, 0.717) is 5.75 Å². The van der Waals surface area contributed by atoms with Crippen molar-refractivity contribution < 1.29 is 9.94 Å². The Bertz CT molecular complexity index is 569. The summed E-state index contributed by atoms with van der Waals surface area (Å²) >= 11 is 3.49. The molecule has 0 atom stereocenters. The van der Waals surface area contributed by atoms with Crippen molar-refractivity contribution in [2.45, 2.75) is 0 Å². The van der Waals surface area contributed by atoms with E-state index in [1.54, 1.807) is 0 Å². The van der Waals surface area contributed by atoms with Crippen molar-refractivity contribution >= 4 is 32.5 Å². The zero-order valence-corrected chi connectivity index (χ0v) is 10.5. The van der Waals surface area contributed by atoms with Crippen LogP contribution in [-0.2, 0) is 0 Å². The van der Waals surface area contributed by atoms with Gasteiger partial charge in [-0.15, -0.1) is 0 Å². The van der Waals surface area contributed by atoms with E-state index in [0.717, 1.165) is 15.2 Å². The maximum atomic E-state index is 8.43. The number of rotatable bonds is 3. The van der Waals surface area contributed by atoms with E-state index in [1.807, 2.05) is 36.4 Å². The minimum absolute atomic E-state index is 0.0325. The molecule has 0 radical (unpaired) electrons. The minimum atomic E-state index is 0.0325. The van der Waals surface area contributed by atoms with Gasteiger partial charge in [-0.3, -0.25) is 0 Å². The third-order valence-electron chi connectivity index (χ3n) is 2.33. The second-order valence-corrected chi connectivity index (χ2v) is 4.27. The molecule has 0 unspecified atom stereocenters. The Morgan fingerprint density at radius 3 is 2.82 bits per heavy atom. The maximum Gasteiger partial charge on any atom is 0.177 e. The van der Waals surface area contributed by atoms with Gasteiger partial charge in [0.05, 0.1) is 4.47 Å². The first kappa shape index (κ1) is 11.7. The Morgan fingerprint density at radius 2 is 2.06 bits per heavy atom. The summed E-state index contributed by atoms with van der Waals surface area (Å²) in [5.74, 6) is 0.695. The molecule has 2 aromatic rings. The number of amidine groups is 1. The summed E-state index contributed by atoms with van der Waals surface area (Å²) in [6.45, 7) is 0.0490. The van der Waals surface area contributed by atoms with Crippen molar-refractivity contribution in [3.63, 3.8) is 0 Å². The lowest BCUT2D eigenvalue weighted by molar-refractivity contribution is 0.306. The molecule has 3 N–H and O–H groups in total. The van der Waals surface area contributed by atoms with Crippen LogP contribution in [0.1, 0.15) is 0 Å². The molecular weight excluding hydrogens is 284 g/mol. The van der Waals surface area contributed by atoms with Crippen LogP contribution < -0.4 is 10.5 Å². The molecule has 0 spiro atoms. The van der Waals surface area contributed by atoms with E-state index >= 15 is 0 Å². The standard InChI is InChI=1S/C12H11BrN2O2/c13-12-9-4-2-1-3-8(9)5-6-10(12)17-7-11(14)15-16/h1-6,16H,7H2,(H2,14,15). The molecular formula is C12H11BrN2O2. The predicted molar refractivity (Wildman–Crippen MR) is 70.6 cm³/mol. The Morgan fingerprint density at radius 1 is 1.29 bits per heavy atom. The molecule has 88 valence electrons. The molecule has 2 aromatic carbocycles. The average Bonchev–Trinajstić information content (AvgIpc) is 2.38. The highest BCUT2D eigenvalue weighted by atomic mass is 79.9. The molecule has 5 heteroatoms. The van der Waals surface area contributed by atoms with E-state index in [2.05, 4.69) is 21.1 Å². The van der Waals surface area contributed by atoms with Crippen molar-refractivity contribution in [3.05, 3.63) is 40.9 Å². The number of ether oxygens (including phenoxy) is 1. The number of halogens is 1. The fourth-order valence-electron chi connectivity index (χ4n) is 1.51. The smallest absolute Gasteiger partial charge is 0.177 e. The van der Waals surface area contributed by atoms with Crippen LogP contribution in [0.4, 0.5) is 0 Å². The summed E-state index contributed by atoms with van der Waals surface area (Å²) < 4.78 is 6.30. The molecule has 0 heterocycles. The predicted octanol–water partition coefficient (Wildman–Crippen LogP) is 2.73. The van der Waals surface area contributed by atoms with Crippen LogP contribution in [0.15, 0.2) is 46.0 Å². The van der Waals surface area contributed by atoms with Crippen molar-refractivity contribution in [3.8, 4) is 5.75 Å². The van der Waals surface area contributed by atoms with Gasteiger partial charge in [0, 0.05) is 0 Å². The first-order valence-electron chi connectivity index (χ1n) is 4.99. The van der Waals surface area contributed by atoms with Crippen LogP contribution >= 0.6 is 15.9 Å². The third kappa shape index (κ3) is 2.50. The van der Waals surface area contributed by atoms with Crippen molar-refractivity contribution in [2.24, 2.45) is 10.9 Å². The first-order chi connectivity index (χ1) is 8.22. The fraction of sp³-hybridized carbons (Fsp3) is 0.0833. The van der Waals surface area contributed by atoms with Crippen molar-refractivity contribution in [1.29, 1.82) is 0 Å². The molecule has 0 saturated carbocycles. The lowest BCUT2D eigenvalue weighted by Crippen LogP contribution is -2.20. The van der Waals surface area contributed by atoms with Gasteiger partial charge in [-0.05, 0) is 32.8 Å². The first-order valence-corrected chi connectivity index (χ1v) is 5.78. The zero-order valence-electron chi connectivity index (χ0n) is 8.93. The monoisotopic (exact) mass is 294 g/mol. The van der Waals surface area contributed by atoms with E-state index < -0.39 is 0 Å². The second kappa shape index (κ2) is 5.05. The van der Waals surface area contributed by atoms with Gasteiger partial charge in [-0.1, -0.05) is 35.5 Å². The van der Waals surface area contributed by atoms with E-state index in [4.69, 9.17) is 15.7 Å². The number of benzene rings is 2. The number of hydrogen-bond donors (Lipinski definition) is 2. The summed E-state index contributed by atoms with van der Waals surface area (Å²) in [5.41, 5.74) is 5.34. The van der Waals surface area contributed by atoms with Crippen molar-refractivity contribution in [2.75, 3.05) is 6.61 Å². The van der Waals surface area contributed by atoms with E-state index in [9.17, 15) is 0 Å². The van der Waals surface area contributed by atoms with Gasteiger partial charge in [0.1, 0.15) is 12.4 Å². The lowest BCUT2D eigenvalue weighted by Gasteiger charge is -2.09. The summed E-state index contributed by atoms with van der Waals surface area (Å²) in [6.07, 6.45) is 0. The Hall–Kier alpha value is -1.75. The highest BCUT2D eigenvalue weighted by Gasteiger charge is 2.06. The SMILES string of the molecule is N/C(COc1ccc2ccccc2c1Br)=N/O. The number of nitrogens with two attached hydrogens (primary N) is 1. The number of fused-ring (bicyclic) bond motifs is 1. The molecule has 0 aliphatic rings. The van der Waals surface area contributed by atoms with Crippen LogP contribution in [0.2, 0.25) is 0 Å². The van der Waals surface area contributed by atoms with Gasteiger partial charge in [-0.2, -0.15) is 0 Å². The highest BCUT2D eigenvalue weighted by molar-refractivity contribution is 9.10. The van der Waals surface area contributed by atoms with Gasteiger partial charge in [0.15, 0.2) is 5.84 Å². The number of hydrogen-bond acceptors (Lipinski definition) is 3. The quantitative estimate of drug-likeness (QED) is 0.396. The molecule has 0 aliphatic carbocycles. The summed E-state index contributed by atoms with van der Waals surface area (Å²) in [5, 5.41) is 13.5. The molecule has 2 rings (SSSR count). The normalized spacial score (nSPS) is 11.7. The van der Waals surface area contributed by atoms with E-state index in [-0.39, 0.29) is 12.4 Å². The summed E-state index contributed by atoms with van der Waals surface area (Å²) in [7, 11) is 0. The topological polar surface area (TPSA) is 67.8 Å². The molecule has 0 amide bonds. The maximum absolute atomic E-state index is 8.43. The highest BCUT2D eigenvalue weighted by Crippen LogP contribution is 2.32. The Kier molecular flexibility index (Phi) is 3.49. The molecule has 4 nitrogen and oxygen atoms in total. The average molecular weight is 295 g/mol. The van der Waals surface area contributed by atoms with E-state index in [1.165, 1.54) is 0 Å². The zero-order chi connectivity index (χ0) is 12.3. The molecule has 0 bridgehead atoms. The van der Waals surface area contributed by atoms with Gasteiger partial charge >= 0.3 is 0 Å². The Balaban J connectivity index is 2.33. The van der Waals surface area contributed by atoms with Crippen LogP contribution in [-0.4, -0.2) is 17.6 Å². The van der Waals surface area contributed by atoms with Crippen LogP contribution in [0, 0.1) is 0 Å². The summed E-state index contributed by atoms with van der Waals surface area (Å²) in [4.78, 5) is 0. The second-order valence-electron chi connectivity index (χ2n) is 3.48. The summed E-state index contributed by atoms with van der Waals surface area (Å²) in [6, 6.07) is 11.8. The lowest BCUT2D eigenvalue weighted by atomic mass is 10.1. The van der Waals surface area contributed by atoms with Gasteiger partial charge in [-0.25, -0.2) is 0 Å². The van der Waals surface area contributed by atoms with Crippen LogP contribution in [0.5, 0.6) is 5.75 Å². The van der Waals surface area contributed by atoms with Crippen LogP contribution in [0.3, 0.4) is 0 Å². The largest absolute Gasteiger partial charge is 0.484 e. The van der Waals surface area contributed by atoms with Crippen LogP contribution in [0.25, 0.3) is 10.8 Å². The Labute approximate surface area is 107 Å². The van der Waals surface area contributed by atoms with Gasteiger partial charge in [0.2, 0.25) is 0 Å². The molecule has 0 aromatic heterocycles. The molecule has 0 fully saturated rings. The fourth-order valence-corrected chi connectivity index (χ4v) is 2.11. The molecule has 0 aliphatic heterocycles. The minimum Gasteiger partial charge on any atom is -0.484 e. The number of oxime groups is 1. The number of nitrogens with zero attached hydrogens (tertiary/aromatic N) is 1. The van der Waals surface area contributed by atoms with Crippen molar-refractivity contribution in [1.82, 2.24) is 0 Å². The molecule has 17 heavy (non-hydrogen) atoms. The molecule has 0 saturated heterocycles. The third-order valence-corrected chi connectivity index (χ3v) is 3.15. The van der Waals surface area contributed by atoms with Gasteiger partial charge in [0.25, 0.3) is 0 Å². The van der Waals surface area contributed by atoms with Gasteiger partial charge < -0.3 is 15.7 Å².